The zero-order valence-electron chi connectivity index (χ0n) is 18.2. The number of nitrogens with one attached hydrogen (secondary N) is 2. The van der Waals surface area contributed by atoms with Crippen molar-refractivity contribution in [3.05, 3.63) is 53.6 Å². The number of hydrogen-bond acceptors (Lipinski definition) is 9. The molecule has 0 radical (unpaired) electrons. The second-order valence-corrected chi connectivity index (χ2v) is 7.70. The first kappa shape index (κ1) is 22.9. The predicted octanol–water partition coefficient (Wildman–Crippen LogP) is 2.88. The minimum atomic E-state index is -0.166. The van der Waals surface area contributed by atoms with Gasteiger partial charge in [0.15, 0.2) is 11.5 Å². The molecule has 32 heavy (non-hydrogen) atoms. The van der Waals surface area contributed by atoms with Crippen LogP contribution in [0.3, 0.4) is 0 Å². The summed E-state index contributed by atoms with van der Waals surface area (Å²) in [5, 5.41) is 15.5. The largest absolute Gasteiger partial charge is 0.493 e. The number of anilines is 2. The van der Waals surface area contributed by atoms with Gasteiger partial charge in [0.2, 0.25) is 11.1 Å². The molecular formula is C21H25N7O3S. The Hall–Kier alpha value is -3.73. The molecule has 0 bridgehead atoms. The minimum Gasteiger partial charge on any atom is -0.493 e. The van der Waals surface area contributed by atoms with Crippen molar-refractivity contribution in [2.75, 3.05) is 36.6 Å². The predicted molar refractivity (Wildman–Crippen MR) is 126 cm³/mol. The Morgan fingerprint density at radius 2 is 1.94 bits per heavy atom. The molecule has 0 fully saturated rings. The van der Waals surface area contributed by atoms with Crippen LogP contribution in [0.2, 0.25) is 0 Å². The number of hydrogen-bond donors (Lipinski definition) is 3. The van der Waals surface area contributed by atoms with Crippen LogP contribution in [0.15, 0.2) is 52.7 Å². The van der Waals surface area contributed by atoms with Crippen molar-refractivity contribution in [3.8, 4) is 11.5 Å². The van der Waals surface area contributed by atoms with Crippen LogP contribution < -0.4 is 26.1 Å². The first-order chi connectivity index (χ1) is 15.4. The van der Waals surface area contributed by atoms with Crippen LogP contribution in [0.25, 0.3) is 0 Å². The Morgan fingerprint density at radius 3 is 2.66 bits per heavy atom. The number of aromatic nitrogens is 3. The molecule has 168 valence electrons. The summed E-state index contributed by atoms with van der Waals surface area (Å²) in [6.07, 6.45) is 0. The number of nitrogens with two attached hydrogens (primary N) is 1. The molecule has 1 amide bonds. The number of ether oxygens (including phenoxy) is 2. The molecule has 4 N–H and O–H groups in total. The molecule has 0 unspecified atom stereocenters. The number of thioether (sulfide) groups is 1. The number of nitrogens with zero attached hydrogens (tertiary/aromatic N) is 4. The lowest BCUT2D eigenvalue weighted by atomic mass is 10.1. The van der Waals surface area contributed by atoms with Crippen molar-refractivity contribution in [2.45, 2.75) is 19.0 Å². The second kappa shape index (κ2) is 10.5. The molecule has 0 saturated carbocycles. The number of aryl methyl sites for hydroxylation is 1. The van der Waals surface area contributed by atoms with Gasteiger partial charge in [0.1, 0.15) is 0 Å². The lowest BCUT2D eigenvalue weighted by molar-refractivity contribution is -0.113. The summed E-state index contributed by atoms with van der Waals surface area (Å²) < 4.78 is 11.8. The molecule has 3 rings (SSSR count). The minimum absolute atomic E-state index is 0.136. The van der Waals surface area contributed by atoms with Gasteiger partial charge in [0.25, 0.3) is 5.95 Å². The molecule has 10 nitrogen and oxygen atoms in total. The molecule has 0 saturated heterocycles. The third kappa shape index (κ3) is 5.70. The number of hydrazone groups is 1. The van der Waals surface area contributed by atoms with Crippen LogP contribution in [0.5, 0.6) is 11.5 Å². The molecule has 11 heteroatoms. The smallest absolute Gasteiger partial charge is 0.264 e. The van der Waals surface area contributed by atoms with Crippen molar-refractivity contribution in [2.24, 2.45) is 5.10 Å². The van der Waals surface area contributed by atoms with E-state index in [0.29, 0.717) is 22.4 Å². The summed E-state index contributed by atoms with van der Waals surface area (Å²) in [4.78, 5) is 12.2. The summed E-state index contributed by atoms with van der Waals surface area (Å²) in [7, 11) is 3.15. The lowest BCUT2D eigenvalue weighted by Gasteiger charge is -2.09. The van der Waals surface area contributed by atoms with Crippen molar-refractivity contribution in [1.82, 2.24) is 14.9 Å². The van der Waals surface area contributed by atoms with E-state index in [4.69, 9.17) is 15.3 Å². The topological polar surface area (TPSA) is 129 Å². The lowest BCUT2D eigenvalue weighted by Crippen LogP contribution is -2.17. The highest BCUT2D eigenvalue weighted by molar-refractivity contribution is 7.99. The van der Waals surface area contributed by atoms with Crippen LogP contribution in [-0.2, 0) is 4.79 Å². The molecule has 2 aromatic carbocycles. The van der Waals surface area contributed by atoms with E-state index in [2.05, 4.69) is 26.0 Å². The summed E-state index contributed by atoms with van der Waals surface area (Å²) in [6, 6.07) is 13.1. The number of rotatable bonds is 9. The van der Waals surface area contributed by atoms with Gasteiger partial charge >= 0.3 is 0 Å². The number of amides is 1. The monoisotopic (exact) mass is 455 g/mol. The van der Waals surface area contributed by atoms with Gasteiger partial charge in [-0.3, -0.25) is 4.79 Å². The Labute approximate surface area is 190 Å². The zero-order chi connectivity index (χ0) is 23.1. The summed E-state index contributed by atoms with van der Waals surface area (Å²) in [5.74, 6) is 7.49. The maximum atomic E-state index is 12.2. The van der Waals surface area contributed by atoms with Crippen molar-refractivity contribution < 1.29 is 14.3 Å². The Bertz CT molecular complexity index is 1130. The standard InChI is InChI=1S/C21H25N7O3S/c1-13-6-5-7-16(10-13)23-19(29)12-32-21-27-26-20(28(21)22)25-24-14(2)15-8-9-17(30-3)18(11-15)31-4/h5-11H,12,22H2,1-4H3,(H,23,29)(H,25,26)/b24-14+. The molecule has 1 aromatic heterocycles. The van der Waals surface area contributed by atoms with E-state index < -0.39 is 0 Å². The van der Waals surface area contributed by atoms with Crippen LogP contribution >= 0.6 is 11.8 Å². The number of carbonyl (C=O) groups excluding carboxylic acids is 1. The average molecular weight is 456 g/mol. The van der Waals surface area contributed by atoms with E-state index in [1.165, 1.54) is 16.4 Å². The molecule has 0 atom stereocenters. The molecule has 0 aliphatic rings. The van der Waals surface area contributed by atoms with Gasteiger partial charge in [-0.1, -0.05) is 23.9 Å². The van der Waals surface area contributed by atoms with E-state index in [0.717, 1.165) is 16.8 Å². The average Bonchev–Trinajstić information content (AvgIpc) is 3.14. The molecule has 3 aromatic rings. The molecule has 1 heterocycles. The fourth-order valence-electron chi connectivity index (χ4n) is 2.76. The van der Waals surface area contributed by atoms with Crippen molar-refractivity contribution in [3.63, 3.8) is 0 Å². The summed E-state index contributed by atoms with van der Waals surface area (Å²) in [6.45, 7) is 3.79. The second-order valence-electron chi connectivity index (χ2n) is 6.76. The van der Waals surface area contributed by atoms with Gasteiger partial charge in [-0.25, -0.2) is 10.1 Å². The number of benzene rings is 2. The molecule has 0 aliphatic heterocycles. The highest BCUT2D eigenvalue weighted by atomic mass is 32.2. The Balaban J connectivity index is 1.60. The third-order valence-electron chi connectivity index (χ3n) is 4.42. The quantitative estimate of drug-likeness (QED) is 0.194. The van der Waals surface area contributed by atoms with Crippen LogP contribution in [0.1, 0.15) is 18.1 Å². The van der Waals surface area contributed by atoms with Crippen LogP contribution in [0.4, 0.5) is 11.6 Å². The van der Waals surface area contributed by atoms with E-state index in [9.17, 15) is 4.79 Å². The maximum Gasteiger partial charge on any atom is 0.264 e. The fourth-order valence-corrected chi connectivity index (χ4v) is 3.42. The van der Waals surface area contributed by atoms with E-state index in [1.807, 2.05) is 50.2 Å². The van der Waals surface area contributed by atoms with E-state index >= 15 is 0 Å². The van der Waals surface area contributed by atoms with Gasteiger partial charge in [-0.15, -0.1) is 10.2 Å². The Morgan fingerprint density at radius 1 is 1.16 bits per heavy atom. The fraction of sp³-hybridized carbons (Fsp3) is 0.238. The Kier molecular flexibility index (Phi) is 7.55. The van der Waals surface area contributed by atoms with E-state index in [-0.39, 0.29) is 17.6 Å². The van der Waals surface area contributed by atoms with Gasteiger partial charge in [-0.2, -0.15) is 5.10 Å². The normalized spacial score (nSPS) is 11.2. The van der Waals surface area contributed by atoms with Crippen molar-refractivity contribution >= 4 is 35.0 Å². The highest BCUT2D eigenvalue weighted by Gasteiger charge is 2.13. The summed E-state index contributed by atoms with van der Waals surface area (Å²) >= 11 is 1.17. The third-order valence-corrected chi connectivity index (χ3v) is 5.37. The SMILES string of the molecule is COc1ccc(/C(C)=N/Nc2nnc(SCC(=O)Nc3cccc(C)c3)n2N)cc1OC. The van der Waals surface area contributed by atoms with Crippen LogP contribution in [0, 0.1) is 6.92 Å². The molecule has 0 spiro atoms. The number of methoxy groups -OCH3 is 2. The maximum absolute atomic E-state index is 12.2. The summed E-state index contributed by atoms with van der Waals surface area (Å²) in [5.41, 5.74) is 6.12. The van der Waals surface area contributed by atoms with Gasteiger partial charge < -0.3 is 20.6 Å². The van der Waals surface area contributed by atoms with Gasteiger partial charge in [0.05, 0.1) is 25.7 Å². The first-order valence-electron chi connectivity index (χ1n) is 9.63. The molecule has 0 aliphatic carbocycles. The zero-order valence-corrected chi connectivity index (χ0v) is 19.1. The number of nitrogen functional groups attached to an aromatic ring is 1. The first-order valence-corrected chi connectivity index (χ1v) is 10.6. The van der Waals surface area contributed by atoms with Gasteiger partial charge in [-0.05, 0) is 49.7 Å². The van der Waals surface area contributed by atoms with Gasteiger partial charge in [0, 0.05) is 11.3 Å². The van der Waals surface area contributed by atoms with Crippen LogP contribution in [-0.4, -0.2) is 46.5 Å². The number of carbonyl (C=O) groups is 1. The van der Waals surface area contributed by atoms with Crippen molar-refractivity contribution in [1.29, 1.82) is 0 Å². The highest BCUT2D eigenvalue weighted by Crippen LogP contribution is 2.27. The van der Waals surface area contributed by atoms with E-state index in [1.54, 1.807) is 20.3 Å². The molecular weight excluding hydrogens is 430 g/mol.